The van der Waals surface area contributed by atoms with Crippen LogP contribution in [0.25, 0.3) is 22.4 Å². The molecule has 136 valence electrons. The molecule has 0 atom stereocenters. The molecule has 0 aliphatic carbocycles. The van der Waals surface area contributed by atoms with Crippen LogP contribution in [-0.4, -0.2) is 28.3 Å². The molecule has 26 heavy (non-hydrogen) atoms. The van der Waals surface area contributed by atoms with Gasteiger partial charge in [-0.25, -0.2) is 0 Å². The molecule has 0 saturated carbocycles. The first kappa shape index (κ1) is 18.3. The van der Waals surface area contributed by atoms with Crippen LogP contribution in [0.4, 0.5) is 5.69 Å². The van der Waals surface area contributed by atoms with Crippen molar-refractivity contribution in [2.75, 3.05) is 33.2 Å². The van der Waals surface area contributed by atoms with Gasteiger partial charge in [0.1, 0.15) is 12.3 Å². The van der Waals surface area contributed by atoms with Gasteiger partial charge in [-0.05, 0) is 42.8 Å². The number of methoxy groups -OCH3 is 2. The Kier molecular flexibility index (Phi) is 5.47. The molecule has 0 amide bonds. The van der Waals surface area contributed by atoms with E-state index in [0.29, 0.717) is 0 Å². The summed E-state index contributed by atoms with van der Waals surface area (Å²) in [5, 5.41) is 1.17. The van der Waals surface area contributed by atoms with Crippen molar-refractivity contribution in [2.24, 2.45) is 0 Å². The van der Waals surface area contributed by atoms with Gasteiger partial charge < -0.3 is 14.4 Å². The molecule has 1 heterocycles. The third-order valence-corrected chi connectivity index (χ3v) is 5.55. The van der Waals surface area contributed by atoms with Crippen LogP contribution in [0.5, 0.6) is 11.5 Å². The maximum absolute atomic E-state index is 5.58. The van der Waals surface area contributed by atoms with E-state index in [9.17, 15) is 0 Å². The van der Waals surface area contributed by atoms with E-state index in [1.54, 1.807) is 25.6 Å². The lowest BCUT2D eigenvalue weighted by Gasteiger charge is -2.11. The summed E-state index contributed by atoms with van der Waals surface area (Å²) in [7, 11) is 7.51. The number of benzene rings is 2. The second-order valence-electron chi connectivity index (χ2n) is 6.15. The predicted molar refractivity (Wildman–Crippen MR) is 110 cm³/mol. The molecule has 0 unspecified atom stereocenters. The van der Waals surface area contributed by atoms with Gasteiger partial charge in [0.2, 0.25) is 0 Å². The summed E-state index contributed by atoms with van der Waals surface area (Å²) in [6.07, 6.45) is 4.31. The Balaban J connectivity index is 2.04. The van der Waals surface area contributed by atoms with Gasteiger partial charge in [0, 0.05) is 25.9 Å². The number of ether oxygens (including phenoxy) is 2. The lowest BCUT2D eigenvalue weighted by molar-refractivity contribution is -0.665. The van der Waals surface area contributed by atoms with Gasteiger partial charge in [-0.2, -0.15) is 4.57 Å². The van der Waals surface area contributed by atoms with Gasteiger partial charge in [0.15, 0.2) is 10.4 Å². The largest absolute Gasteiger partial charge is 0.495 e. The van der Waals surface area contributed by atoms with Crippen molar-refractivity contribution in [1.82, 2.24) is 0 Å². The van der Waals surface area contributed by atoms with Crippen molar-refractivity contribution in [3.8, 4) is 11.5 Å². The number of nitrogens with zero attached hydrogens (tertiary/aromatic N) is 2. The van der Waals surface area contributed by atoms with Crippen molar-refractivity contribution in [3.63, 3.8) is 0 Å². The van der Waals surface area contributed by atoms with E-state index < -0.39 is 0 Å². The number of thiazole rings is 1. The fraction of sp³-hybridized carbons (Fsp3) is 0.286. The van der Waals surface area contributed by atoms with Gasteiger partial charge in [0.05, 0.1) is 14.2 Å². The minimum absolute atomic E-state index is 0.864. The highest BCUT2D eigenvalue weighted by Crippen LogP contribution is 2.36. The fourth-order valence-corrected chi connectivity index (χ4v) is 4.21. The Morgan fingerprint density at radius 1 is 0.962 bits per heavy atom. The summed E-state index contributed by atoms with van der Waals surface area (Å²) in [6, 6.07) is 12.5. The molecular formula is C21H25N2O2S+. The lowest BCUT2D eigenvalue weighted by atomic mass is 10.2. The molecule has 0 N–H and O–H groups in total. The Labute approximate surface area is 158 Å². The van der Waals surface area contributed by atoms with E-state index >= 15 is 0 Å². The SMILES string of the molecule is CC[n+]1c(/C=C/c2ccc(N(C)C)cc2)sc2c(OC)ccc(OC)c21. The first-order valence-electron chi connectivity index (χ1n) is 8.61. The zero-order valence-electron chi connectivity index (χ0n) is 15.9. The Morgan fingerprint density at radius 2 is 1.62 bits per heavy atom. The van der Waals surface area contributed by atoms with Crippen LogP contribution < -0.4 is 18.9 Å². The summed E-state index contributed by atoms with van der Waals surface area (Å²) < 4.78 is 14.5. The van der Waals surface area contributed by atoms with E-state index in [2.05, 4.69) is 52.8 Å². The predicted octanol–water partition coefficient (Wildman–Crippen LogP) is 4.46. The number of rotatable bonds is 6. The van der Waals surface area contributed by atoms with E-state index in [0.717, 1.165) is 28.3 Å². The van der Waals surface area contributed by atoms with Crippen LogP contribution >= 0.6 is 11.3 Å². The quantitative estimate of drug-likeness (QED) is 0.600. The van der Waals surface area contributed by atoms with Crippen molar-refractivity contribution < 1.29 is 14.0 Å². The van der Waals surface area contributed by atoms with E-state index in [-0.39, 0.29) is 0 Å². The standard InChI is InChI=1S/C21H25N2O2S/c1-6-23-19(14-9-15-7-10-16(11-8-15)22(2)3)26-21-18(25-5)13-12-17(24-4)20(21)23/h7-14H,6H2,1-5H3/q+1. The maximum Gasteiger partial charge on any atom is 0.270 e. The number of hydrogen-bond donors (Lipinski definition) is 0. The van der Waals surface area contributed by atoms with E-state index in [1.165, 1.54) is 16.3 Å². The summed E-state index contributed by atoms with van der Waals surface area (Å²) in [5.74, 6) is 1.75. The fourth-order valence-electron chi connectivity index (χ4n) is 2.97. The number of hydrogen-bond acceptors (Lipinski definition) is 4. The number of fused-ring (bicyclic) bond motifs is 1. The molecule has 4 nitrogen and oxygen atoms in total. The zero-order chi connectivity index (χ0) is 18.7. The lowest BCUT2D eigenvalue weighted by Crippen LogP contribution is -2.33. The number of aryl methyl sites for hydroxylation is 1. The Hall–Kier alpha value is -2.53. The molecule has 5 heteroatoms. The summed E-state index contributed by atoms with van der Waals surface area (Å²) in [5.41, 5.74) is 3.46. The van der Waals surface area contributed by atoms with Crippen LogP contribution in [0.1, 0.15) is 17.5 Å². The highest BCUT2D eigenvalue weighted by molar-refractivity contribution is 7.19. The normalized spacial score (nSPS) is 11.3. The molecule has 1 aromatic heterocycles. The van der Waals surface area contributed by atoms with Crippen molar-refractivity contribution in [2.45, 2.75) is 13.5 Å². The molecule has 0 fully saturated rings. The molecule has 3 aromatic rings. The molecule has 0 aliphatic rings. The second kappa shape index (κ2) is 7.79. The average Bonchev–Trinajstić information content (AvgIpc) is 3.04. The Morgan fingerprint density at radius 3 is 2.19 bits per heavy atom. The summed E-state index contributed by atoms with van der Waals surface area (Å²) >= 11 is 1.72. The van der Waals surface area contributed by atoms with Crippen molar-refractivity contribution >= 4 is 39.4 Å². The smallest absolute Gasteiger partial charge is 0.270 e. The molecular weight excluding hydrogens is 344 g/mol. The van der Waals surface area contributed by atoms with Gasteiger partial charge in [-0.15, -0.1) is 0 Å². The van der Waals surface area contributed by atoms with Gasteiger partial charge >= 0.3 is 0 Å². The maximum atomic E-state index is 5.58. The summed E-state index contributed by atoms with van der Waals surface area (Å²) in [4.78, 5) is 2.10. The monoisotopic (exact) mass is 369 g/mol. The zero-order valence-corrected chi connectivity index (χ0v) is 16.8. The molecule has 0 radical (unpaired) electrons. The molecule has 0 bridgehead atoms. The van der Waals surface area contributed by atoms with Crippen molar-refractivity contribution in [1.29, 1.82) is 0 Å². The number of aromatic nitrogens is 1. The second-order valence-corrected chi connectivity index (χ2v) is 7.18. The first-order chi connectivity index (χ1) is 12.6. The van der Waals surface area contributed by atoms with Crippen molar-refractivity contribution in [3.05, 3.63) is 47.0 Å². The minimum Gasteiger partial charge on any atom is -0.495 e. The highest BCUT2D eigenvalue weighted by Gasteiger charge is 2.24. The summed E-state index contributed by atoms with van der Waals surface area (Å²) in [6.45, 7) is 3.01. The van der Waals surface area contributed by atoms with Gasteiger partial charge in [0.25, 0.3) is 10.5 Å². The molecule has 0 aliphatic heterocycles. The highest BCUT2D eigenvalue weighted by atomic mass is 32.1. The molecule has 0 saturated heterocycles. The van der Waals surface area contributed by atoms with E-state index in [4.69, 9.17) is 9.47 Å². The van der Waals surface area contributed by atoms with Crippen LogP contribution in [0.2, 0.25) is 0 Å². The third kappa shape index (κ3) is 3.40. The third-order valence-electron chi connectivity index (χ3n) is 4.38. The van der Waals surface area contributed by atoms with E-state index in [1.807, 2.05) is 26.2 Å². The minimum atomic E-state index is 0.864. The van der Waals surface area contributed by atoms with Crippen LogP contribution in [0.3, 0.4) is 0 Å². The van der Waals surface area contributed by atoms with Gasteiger partial charge in [-0.1, -0.05) is 23.5 Å². The molecule has 3 rings (SSSR count). The van der Waals surface area contributed by atoms with Crippen LogP contribution in [-0.2, 0) is 6.54 Å². The Bertz CT molecular complexity index is 927. The topological polar surface area (TPSA) is 25.6 Å². The molecule has 0 spiro atoms. The van der Waals surface area contributed by atoms with Gasteiger partial charge in [-0.3, -0.25) is 0 Å². The van der Waals surface area contributed by atoms with Crippen LogP contribution in [0, 0.1) is 0 Å². The first-order valence-corrected chi connectivity index (χ1v) is 9.43. The number of anilines is 1. The van der Waals surface area contributed by atoms with Crippen LogP contribution in [0.15, 0.2) is 36.4 Å². The molecule has 2 aromatic carbocycles. The average molecular weight is 370 g/mol.